The minimum absolute atomic E-state index is 0.532. The van der Waals surface area contributed by atoms with Crippen LogP contribution >= 0.6 is 0 Å². The predicted molar refractivity (Wildman–Crippen MR) is 79.6 cm³/mol. The summed E-state index contributed by atoms with van der Waals surface area (Å²) in [6.45, 7) is 0. The number of nitrogens with zero attached hydrogens (tertiary/aromatic N) is 2. The molecule has 0 spiro atoms. The van der Waals surface area contributed by atoms with Crippen molar-refractivity contribution in [2.75, 3.05) is 12.8 Å². The second kappa shape index (κ2) is 5.49. The molecule has 4 nitrogen and oxygen atoms in total. The number of nitrogen functional groups attached to an aromatic ring is 1. The van der Waals surface area contributed by atoms with E-state index in [9.17, 15) is 0 Å². The largest absolute Gasteiger partial charge is 0.497 e. The Kier molecular flexibility index (Phi) is 3.54. The molecule has 1 aliphatic rings. The number of hydrogen-bond donors (Lipinski definition) is 1. The molecule has 0 amide bonds. The lowest BCUT2D eigenvalue weighted by atomic mass is 10.0. The van der Waals surface area contributed by atoms with Crippen LogP contribution in [0.5, 0.6) is 5.75 Å². The highest BCUT2D eigenvalue weighted by molar-refractivity contribution is 5.59. The summed E-state index contributed by atoms with van der Waals surface area (Å²) in [5, 5.41) is 0. The van der Waals surface area contributed by atoms with E-state index in [0.29, 0.717) is 17.6 Å². The van der Waals surface area contributed by atoms with Crippen molar-refractivity contribution in [2.45, 2.75) is 31.6 Å². The van der Waals surface area contributed by atoms with Crippen LogP contribution in [0.25, 0.3) is 11.4 Å². The minimum Gasteiger partial charge on any atom is -0.497 e. The second-order valence-corrected chi connectivity index (χ2v) is 5.25. The summed E-state index contributed by atoms with van der Waals surface area (Å²) in [6.07, 6.45) is 4.97. The summed E-state index contributed by atoms with van der Waals surface area (Å²) in [7, 11) is 1.66. The molecule has 1 heterocycles. The van der Waals surface area contributed by atoms with Gasteiger partial charge in [-0.05, 0) is 25.0 Å². The average Bonchev–Trinajstić information content (AvgIpc) is 3.01. The molecule has 104 valence electrons. The standard InChI is InChI=1S/C16H19N3O/c1-20-13-8-4-7-12(9-13)16-18-14(10-15(17)19-16)11-5-2-3-6-11/h4,7-11H,2-3,5-6H2,1H3,(H2,17,18,19). The fraction of sp³-hybridized carbons (Fsp3) is 0.375. The van der Waals surface area contributed by atoms with E-state index in [-0.39, 0.29) is 0 Å². The summed E-state index contributed by atoms with van der Waals surface area (Å²) < 4.78 is 5.25. The maximum Gasteiger partial charge on any atom is 0.161 e. The third-order valence-electron chi connectivity index (χ3n) is 3.87. The summed E-state index contributed by atoms with van der Waals surface area (Å²) in [5.41, 5.74) is 7.97. The molecule has 2 N–H and O–H groups in total. The second-order valence-electron chi connectivity index (χ2n) is 5.25. The van der Waals surface area contributed by atoms with Gasteiger partial charge in [-0.25, -0.2) is 9.97 Å². The molecule has 20 heavy (non-hydrogen) atoms. The van der Waals surface area contributed by atoms with Gasteiger partial charge in [-0.15, -0.1) is 0 Å². The van der Waals surface area contributed by atoms with Crippen LogP contribution < -0.4 is 10.5 Å². The first-order chi connectivity index (χ1) is 9.76. The van der Waals surface area contributed by atoms with Crippen molar-refractivity contribution in [1.82, 2.24) is 9.97 Å². The zero-order valence-corrected chi connectivity index (χ0v) is 11.7. The Morgan fingerprint density at radius 1 is 1.15 bits per heavy atom. The highest BCUT2D eigenvalue weighted by atomic mass is 16.5. The Morgan fingerprint density at radius 3 is 2.70 bits per heavy atom. The molecule has 0 radical (unpaired) electrons. The van der Waals surface area contributed by atoms with Crippen molar-refractivity contribution in [2.24, 2.45) is 0 Å². The molecule has 0 unspecified atom stereocenters. The van der Waals surface area contributed by atoms with Crippen LogP contribution in [-0.2, 0) is 0 Å². The van der Waals surface area contributed by atoms with E-state index >= 15 is 0 Å². The molecule has 0 aliphatic heterocycles. The zero-order chi connectivity index (χ0) is 13.9. The number of aromatic nitrogens is 2. The molecule has 1 aromatic heterocycles. The van der Waals surface area contributed by atoms with Gasteiger partial charge in [0.15, 0.2) is 5.82 Å². The van der Waals surface area contributed by atoms with E-state index in [1.807, 2.05) is 30.3 Å². The topological polar surface area (TPSA) is 61.0 Å². The van der Waals surface area contributed by atoms with Gasteiger partial charge < -0.3 is 10.5 Å². The highest BCUT2D eigenvalue weighted by Crippen LogP contribution is 2.34. The Balaban J connectivity index is 1.99. The van der Waals surface area contributed by atoms with Crippen LogP contribution in [0.1, 0.15) is 37.3 Å². The van der Waals surface area contributed by atoms with Crippen molar-refractivity contribution in [3.8, 4) is 17.1 Å². The predicted octanol–water partition coefficient (Wildman–Crippen LogP) is 3.39. The van der Waals surface area contributed by atoms with Gasteiger partial charge in [0, 0.05) is 23.2 Å². The number of nitrogens with two attached hydrogens (primary N) is 1. The van der Waals surface area contributed by atoms with E-state index < -0.39 is 0 Å². The summed E-state index contributed by atoms with van der Waals surface area (Å²) >= 11 is 0. The molecule has 1 aromatic carbocycles. The van der Waals surface area contributed by atoms with E-state index in [2.05, 4.69) is 4.98 Å². The third-order valence-corrected chi connectivity index (χ3v) is 3.87. The maximum atomic E-state index is 5.95. The SMILES string of the molecule is COc1cccc(-c2nc(N)cc(C3CCCC3)n2)c1. The lowest BCUT2D eigenvalue weighted by Crippen LogP contribution is -2.03. The van der Waals surface area contributed by atoms with Gasteiger partial charge >= 0.3 is 0 Å². The lowest BCUT2D eigenvalue weighted by Gasteiger charge is -2.11. The van der Waals surface area contributed by atoms with Gasteiger partial charge in [0.25, 0.3) is 0 Å². The third kappa shape index (κ3) is 2.59. The van der Waals surface area contributed by atoms with Crippen molar-refractivity contribution < 1.29 is 4.74 Å². The van der Waals surface area contributed by atoms with Gasteiger partial charge in [0.2, 0.25) is 0 Å². The molecule has 0 saturated heterocycles. The number of ether oxygens (including phenoxy) is 1. The number of hydrogen-bond acceptors (Lipinski definition) is 4. The van der Waals surface area contributed by atoms with Crippen LogP contribution in [0.4, 0.5) is 5.82 Å². The van der Waals surface area contributed by atoms with E-state index in [0.717, 1.165) is 17.0 Å². The van der Waals surface area contributed by atoms with Gasteiger partial charge in [-0.3, -0.25) is 0 Å². The minimum atomic E-state index is 0.532. The number of rotatable bonds is 3. The molecule has 1 saturated carbocycles. The normalized spacial score (nSPS) is 15.4. The Bertz CT molecular complexity index is 606. The molecular weight excluding hydrogens is 250 g/mol. The number of anilines is 1. The van der Waals surface area contributed by atoms with Crippen LogP contribution in [0.2, 0.25) is 0 Å². The van der Waals surface area contributed by atoms with Gasteiger partial charge in [-0.2, -0.15) is 0 Å². The maximum absolute atomic E-state index is 5.95. The summed E-state index contributed by atoms with van der Waals surface area (Å²) in [4.78, 5) is 9.08. The number of methoxy groups -OCH3 is 1. The first kappa shape index (κ1) is 12.9. The molecule has 3 rings (SSSR count). The van der Waals surface area contributed by atoms with Crippen molar-refractivity contribution in [1.29, 1.82) is 0 Å². The molecule has 0 atom stereocenters. The van der Waals surface area contributed by atoms with Crippen molar-refractivity contribution in [3.63, 3.8) is 0 Å². The summed E-state index contributed by atoms with van der Waals surface area (Å²) in [5.74, 6) is 2.56. The van der Waals surface area contributed by atoms with Gasteiger partial charge in [-0.1, -0.05) is 25.0 Å². The van der Waals surface area contributed by atoms with Crippen LogP contribution in [-0.4, -0.2) is 17.1 Å². The Hall–Kier alpha value is -2.10. The first-order valence-corrected chi connectivity index (χ1v) is 7.05. The Morgan fingerprint density at radius 2 is 1.95 bits per heavy atom. The van der Waals surface area contributed by atoms with Gasteiger partial charge in [0.1, 0.15) is 11.6 Å². The van der Waals surface area contributed by atoms with Crippen LogP contribution in [0.15, 0.2) is 30.3 Å². The molecule has 0 bridgehead atoms. The van der Waals surface area contributed by atoms with Gasteiger partial charge in [0.05, 0.1) is 7.11 Å². The van der Waals surface area contributed by atoms with Crippen LogP contribution in [0, 0.1) is 0 Å². The molecule has 1 fully saturated rings. The highest BCUT2D eigenvalue weighted by Gasteiger charge is 2.20. The quantitative estimate of drug-likeness (QED) is 0.927. The monoisotopic (exact) mass is 269 g/mol. The molecular formula is C16H19N3O. The van der Waals surface area contributed by atoms with Crippen molar-refractivity contribution >= 4 is 5.82 Å². The molecule has 1 aliphatic carbocycles. The molecule has 2 aromatic rings. The fourth-order valence-electron chi connectivity index (χ4n) is 2.81. The zero-order valence-electron chi connectivity index (χ0n) is 11.7. The van der Waals surface area contributed by atoms with Crippen LogP contribution in [0.3, 0.4) is 0 Å². The first-order valence-electron chi connectivity index (χ1n) is 7.05. The lowest BCUT2D eigenvalue weighted by molar-refractivity contribution is 0.415. The smallest absolute Gasteiger partial charge is 0.161 e. The van der Waals surface area contributed by atoms with E-state index in [1.54, 1.807) is 7.11 Å². The summed E-state index contributed by atoms with van der Waals surface area (Å²) in [6, 6.07) is 9.69. The fourth-order valence-corrected chi connectivity index (χ4v) is 2.81. The average molecular weight is 269 g/mol. The van der Waals surface area contributed by atoms with E-state index in [4.69, 9.17) is 15.5 Å². The van der Waals surface area contributed by atoms with Crippen molar-refractivity contribution in [3.05, 3.63) is 36.0 Å². The van der Waals surface area contributed by atoms with E-state index in [1.165, 1.54) is 25.7 Å². The molecule has 4 heteroatoms. The number of benzene rings is 1. The Labute approximate surface area is 119 Å².